The standard InChI is InChI=1S/C22H27F3N8O2/c1-11-16-18(33(2)17(19(34)31-16)21(35-3)5-4-6-21)32-20(28-11)30-13-7-12(8-13)29-15-10-26-14(9-27-15)22(23,24)25/h9-10,12-13,17H,4-8H2,1-3H3,(H,27,29)(H,31,34)(H,28,30,32)/t12?,13?,17-/m1/s1. The summed E-state index contributed by atoms with van der Waals surface area (Å²) in [6.07, 6.45) is 1.38. The van der Waals surface area contributed by atoms with Gasteiger partial charge in [0.05, 0.1) is 23.7 Å². The van der Waals surface area contributed by atoms with E-state index in [4.69, 9.17) is 9.72 Å². The zero-order valence-corrected chi connectivity index (χ0v) is 19.6. The number of amides is 1. The average molecular weight is 493 g/mol. The van der Waals surface area contributed by atoms with Crippen LogP contribution in [0.25, 0.3) is 0 Å². The summed E-state index contributed by atoms with van der Waals surface area (Å²) in [7, 11) is 3.50. The van der Waals surface area contributed by atoms with E-state index >= 15 is 0 Å². The van der Waals surface area contributed by atoms with Gasteiger partial charge in [-0.15, -0.1) is 0 Å². The van der Waals surface area contributed by atoms with Gasteiger partial charge in [-0.3, -0.25) is 4.79 Å². The van der Waals surface area contributed by atoms with Gasteiger partial charge in [-0.1, -0.05) is 0 Å². The summed E-state index contributed by atoms with van der Waals surface area (Å²) < 4.78 is 43.7. The number of ether oxygens (including phenoxy) is 1. The number of carbonyl (C=O) groups excluding carboxylic acids is 1. The van der Waals surface area contributed by atoms with Crippen LogP contribution in [0.5, 0.6) is 0 Å². The molecule has 3 heterocycles. The Hall–Kier alpha value is -3.22. The second-order valence-corrected chi connectivity index (χ2v) is 9.39. The highest BCUT2D eigenvalue weighted by atomic mass is 19.4. The Balaban J connectivity index is 1.23. The van der Waals surface area contributed by atoms with Crippen LogP contribution in [0.4, 0.5) is 36.4 Å². The van der Waals surface area contributed by atoms with Crippen molar-refractivity contribution in [2.24, 2.45) is 0 Å². The van der Waals surface area contributed by atoms with Crippen molar-refractivity contribution in [1.29, 1.82) is 0 Å². The molecular weight excluding hydrogens is 465 g/mol. The summed E-state index contributed by atoms with van der Waals surface area (Å²) in [5.41, 5.74) is -0.283. The fourth-order valence-electron chi connectivity index (χ4n) is 5.01. The van der Waals surface area contributed by atoms with Crippen molar-refractivity contribution in [1.82, 2.24) is 19.9 Å². The van der Waals surface area contributed by atoms with Crippen molar-refractivity contribution < 1.29 is 22.7 Å². The smallest absolute Gasteiger partial charge is 0.376 e. The number of aryl methyl sites for hydroxylation is 1. The Kier molecular flexibility index (Phi) is 5.69. The largest absolute Gasteiger partial charge is 0.434 e. The molecule has 35 heavy (non-hydrogen) atoms. The van der Waals surface area contributed by atoms with Gasteiger partial charge < -0.3 is 25.6 Å². The number of carbonyl (C=O) groups is 1. The van der Waals surface area contributed by atoms with Crippen LogP contribution in [0.15, 0.2) is 12.4 Å². The zero-order valence-electron chi connectivity index (χ0n) is 19.6. The minimum absolute atomic E-state index is 0.0452. The average Bonchev–Trinajstić information content (AvgIpc) is 2.74. The normalized spacial score (nSPS) is 25.1. The highest BCUT2D eigenvalue weighted by Gasteiger charge is 2.52. The Morgan fingerprint density at radius 3 is 2.43 bits per heavy atom. The van der Waals surface area contributed by atoms with E-state index < -0.39 is 23.5 Å². The number of likely N-dealkylation sites (N-methyl/N-ethyl adjacent to an activating group) is 1. The maximum Gasteiger partial charge on any atom is 0.434 e. The summed E-state index contributed by atoms with van der Waals surface area (Å²) in [6.45, 7) is 1.82. The Morgan fingerprint density at radius 2 is 1.86 bits per heavy atom. The van der Waals surface area contributed by atoms with E-state index in [0.29, 0.717) is 41.8 Å². The summed E-state index contributed by atoms with van der Waals surface area (Å²) in [5, 5.41) is 9.39. The predicted molar refractivity (Wildman–Crippen MR) is 122 cm³/mol. The van der Waals surface area contributed by atoms with Gasteiger partial charge in [-0.05, 0) is 39.0 Å². The lowest BCUT2D eigenvalue weighted by molar-refractivity contribution is -0.141. The summed E-state index contributed by atoms with van der Waals surface area (Å²) in [5.74, 6) is 1.28. The molecule has 3 aliphatic rings. The number of alkyl halides is 3. The molecule has 1 aliphatic heterocycles. The third-order valence-electron chi connectivity index (χ3n) is 7.16. The van der Waals surface area contributed by atoms with Gasteiger partial charge in [-0.2, -0.15) is 18.2 Å². The summed E-state index contributed by atoms with van der Waals surface area (Å²) >= 11 is 0. The SMILES string of the molecule is COC1([C@H]2C(=O)Nc3c(C)nc(NC4CC(Nc5cnc(C(F)(F)F)cn5)C4)nc3N2C)CCC1. The molecule has 0 unspecified atom stereocenters. The number of methoxy groups -OCH3 is 1. The molecule has 13 heteroatoms. The number of rotatable bonds is 6. The first-order chi connectivity index (χ1) is 16.6. The van der Waals surface area contributed by atoms with Crippen LogP contribution in [0.3, 0.4) is 0 Å². The van der Waals surface area contributed by atoms with Crippen LogP contribution < -0.4 is 20.9 Å². The van der Waals surface area contributed by atoms with E-state index in [0.717, 1.165) is 31.7 Å². The second kappa shape index (κ2) is 8.47. The molecule has 2 saturated carbocycles. The van der Waals surface area contributed by atoms with Gasteiger partial charge in [0.2, 0.25) is 11.9 Å². The lowest BCUT2D eigenvalue weighted by Gasteiger charge is -2.50. The molecule has 0 radical (unpaired) electrons. The number of hydrogen-bond donors (Lipinski definition) is 3. The lowest BCUT2D eigenvalue weighted by atomic mass is 9.73. The van der Waals surface area contributed by atoms with Crippen LogP contribution >= 0.6 is 0 Å². The molecule has 2 fully saturated rings. The van der Waals surface area contributed by atoms with Crippen molar-refractivity contribution in [2.75, 3.05) is 35.0 Å². The monoisotopic (exact) mass is 492 g/mol. The molecule has 1 atom stereocenters. The number of aromatic nitrogens is 4. The first kappa shape index (κ1) is 23.5. The van der Waals surface area contributed by atoms with Gasteiger partial charge in [0.15, 0.2) is 11.5 Å². The molecule has 2 aromatic heterocycles. The second-order valence-electron chi connectivity index (χ2n) is 9.39. The Bertz CT molecular complexity index is 1110. The molecule has 1 amide bonds. The zero-order chi connectivity index (χ0) is 25.0. The Labute approximate surface area is 200 Å². The van der Waals surface area contributed by atoms with Gasteiger partial charge >= 0.3 is 6.18 Å². The van der Waals surface area contributed by atoms with Gasteiger partial charge in [0.1, 0.15) is 17.5 Å². The summed E-state index contributed by atoms with van der Waals surface area (Å²) in [6, 6.07) is -0.342. The molecular formula is C22H27F3N8O2. The summed E-state index contributed by atoms with van der Waals surface area (Å²) in [4.78, 5) is 31.2. The fourth-order valence-corrected chi connectivity index (χ4v) is 5.01. The molecule has 10 nitrogen and oxygen atoms in total. The molecule has 0 spiro atoms. The fraction of sp³-hybridized carbons (Fsp3) is 0.591. The van der Waals surface area contributed by atoms with E-state index in [1.165, 1.54) is 0 Å². The number of anilines is 4. The van der Waals surface area contributed by atoms with Crippen LogP contribution in [-0.4, -0.2) is 63.7 Å². The van der Waals surface area contributed by atoms with Crippen LogP contribution in [0, 0.1) is 6.92 Å². The number of nitrogens with one attached hydrogen (secondary N) is 3. The minimum atomic E-state index is -4.51. The first-order valence-electron chi connectivity index (χ1n) is 11.5. The molecule has 2 aromatic rings. The van der Waals surface area contributed by atoms with E-state index in [2.05, 4.69) is 30.9 Å². The third-order valence-corrected chi connectivity index (χ3v) is 7.16. The van der Waals surface area contributed by atoms with E-state index in [-0.39, 0.29) is 18.0 Å². The maximum absolute atomic E-state index is 12.9. The van der Waals surface area contributed by atoms with Crippen LogP contribution in [0.2, 0.25) is 0 Å². The molecule has 0 aromatic carbocycles. The van der Waals surface area contributed by atoms with Crippen LogP contribution in [-0.2, 0) is 15.7 Å². The number of halogens is 3. The molecule has 2 aliphatic carbocycles. The first-order valence-corrected chi connectivity index (χ1v) is 11.5. The lowest BCUT2D eigenvalue weighted by Crippen LogP contribution is -2.64. The van der Waals surface area contributed by atoms with Gasteiger partial charge in [-0.25, -0.2) is 15.0 Å². The predicted octanol–water partition coefficient (Wildman–Crippen LogP) is 2.97. The van der Waals surface area contributed by atoms with E-state index in [1.54, 1.807) is 7.11 Å². The highest BCUT2D eigenvalue weighted by Crippen LogP contribution is 2.44. The quantitative estimate of drug-likeness (QED) is 0.559. The number of fused-ring (bicyclic) bond motifs is 1. The molecule has 3 N–H and O–H groups in total. The van der Waals surface area contributed by atoms with Crippen molar-refractivity contribution >= 4 is 29.2 Å². The molecule has 0 saturated heterocycles. The van der Waals surface area contributed by atoms with Crippen molar-refractivity contribution in [3.8, 4) is 0 Å². The van der Waals surface area contributed by atoms with Crippen molar-refractivity contribution in [2.45, 2.75) is 68.9 Å². The van der Waals surface area contributed by atoms with E-state index in [9.17, 15) is 18.0 Å². The molecule has 5 rings (SSSR count). The topological polar surface area (TPSA) is 117 Å². The van der Waals surface area contributed by atoms with Gasteiger partial charge in [0.25, 0.3) is 0 Å². The minimum Gasteiger partial charge on any atom is -0.376 e. The third kappa shape index (κ3) is 4.21. The van der Waals surface area contributed by atoms with Gasteiger partial charge in [0, 0.05) is 26.2 Å². The number of nitrogens with zero attached hydrogens (tertiary/aromatic N) is 5. The highest BCUT2D eigenvalue weighted by molar-refractivity contribution is 6.04. The van der Waals surface area contributed by atoms with Crippen LogP contribution in [0.1, 0.15) is 43.5 Å². The Morgan fingerprint density at radius 1 is 1.14 bits per heavy atom. The van der Waals surface area contributed by atoms with E-state index in [1.807, 2.05) is 18.9 Å². The molecule has 0 bridgehead atoms. The van der Waals surface area contributed by atoms with Crippen molar-refractivity contribution in [3.05, 3.63) is 23.8 Å². The maximum atomic E-state index is 12.9. The van der Waals surface area contributed by atoms with Crippen molar-refractivity contribution in [3.63, 3.8) is 0 Å². The number of hydrogen-bond acceptors (Lipinski definition) is 9. The molecule has 188 valence electrons.